The molecule has 2 rings (SSSR count). The molecule has 1 amide bonds. The van der Waals surface area contributed by atoms with Crippen molar-refractivity contribution in [3.8, 4) is 5.75 Å². The Morgan fingerprint density at radius 1 is 1.12 bits per heavy atom. The van der Waals surface area contributed by atoms with Crippen LogP contribution in [0, 0.1) is 0 Å². The molecular formula is C19H30N2O3. The summed E-state index contributed by atoms with van der Waals surface area (Å²) in [4.78, 5) is 17.1. The van der Waals surface area contributed by atoms with Crippen LogP contribution >= 0.6 is 0 Å². The Bertz CT molecular complexity index is 506. The number of rotatable bonds is 7. The molecule has 0 aliphatic carbocycles. The SMILES string of the molecule is COCCCN1C(C)CN(C(=O)Cc2ccc(OC)cc2)CC1C. The van der Waals surface area contributed by atoms with Crippen molar-refractivity contribution in [1.82, 2.24) is 9.80 Å². The molecule has 1 heterocycles. The largest absolute Gasteiger partial charge is 0.497 e. The predicted octanol–water partition coefficient (Wildman–Crippen LogP) is 2.20. The number of benzene rings is 1. The van der Waals surface area contributed by atoms with Crippen LogP contribution in [0.15, 0.2) is 24.3 Å². The number of carbonyl (C=O) groups is 1. The molecule has 0 bridgehead atoms. The Balaban J connectivity index is 1.89. The van der Waals surface area contributed by atoms with E-state index in [1.54, 1.807) is 14.2 Å². The van der Waals surface area contributed by atoms with Gasteiger partial charge in [-0.05, 0) is 38.0 Å². The Morgan fingerprint density at radius 2 is 1.75 bits per heavy atom. The number of carbonyl (C=O) groups excluding carboxylic acids is 1. The maximum atomic E-state index is 12.6. The summed E-state index contributed by atoms with van der Waals surface area (Å²) < 4.78 is 10.3. The Labute approximate surface area is 145 Å². The minimum absolute atomic E-state index is 0.204. The van der Waals surface area contributed by atoms with Crippen molar-refractivity contribution < 1.29 is 14.3 Å². The molecule has 5 nitrogen and oxygen atoms in total. The average Bonchev–Trinajstić information content (AvgIpc) is 2.58. The van der Waals surface area contributed by atoms with Gasteiger partial charge in [0.25, 0.3) is 0 Å². The molecule has 1 aromatic carbocycles. The molecule has 0 saturated carbocycles. The highest BCUT2D eigenvalue weighted by atomic mass is 16.5. The molecule has 2 atom stereocenters. The molecule has 1 saturated heterocycles. The lowest BCUT2D eigenvalue weighted by atomic mass is 10.1. The summed E-state index contributed by atoms with van der Waals surface area (Å²) in [6.45, 7) is 7.82. The van der Waals surface area contributed by atoms with Crippen molar-refractivity contribution in [2.45, 2.75) is 38.8 Å². The van der Waals surface area contributed by atoms with Crippen LogP contribution < -0.4 is 4.74 Å². The Kier molecular flexibility index (Phi) is 7.06. The van der Waals surface area contributed by atoms with E-state index in [0.717, 1.165) is 44.0 Å². The quantitative estimate of drug-likeness (QED) is 0.717. The highest BCUT2D eigenvalue weighted by Gasteiger charge is 2.31. The summed E-state index contributed by atoms with van der Waals surface area (Å²) in [7, 11) is 3.39. The fourth-order valence-corrected chi connectivity index (χ4v) is 3.42. The van der Waals surface area contributed by atoms with E-state index in [4.69, 9.17) is 9.47 Å². The van der Waals surface area contributed by atoms with E-state index in [0.29, 0.717) is 18.5 Å². The highest BCUT2D eigenvalue weighted by molar-refractivity contribution is 5.79. The second-order valence-corrected chi connectivity index (χ2v) is 6.61. The highest BCUT2D eigenvalue weighted by Crippen LogP contribution is 2.18. The van der Waals surface area contributed by atoms with E-state index < -0.39 is 0 Å². The van der Waals surface area contributed by atoms with E-state index in [-0.39, 0.29) is 5.91 Å². The second-order valence-electron chi connectivity index (χ2n) is 6.61. The lowest BCUT2D eigenvalue weighted by molar-refractivity contribution is -0.134. The van der Waals surface area contributed by atoms with E-state index in [1.807, 2.05) is 29.2 Å². The molecule has 1 fully saturated rings. The lowest BCUT2D eigenvalue weighted by Gasteiger charge is -2.44. The van der Waals surface area contributed by atoms with Gasteiger partial charge in [0.2, 0.25) is 5.91 Å². The summed E-state index contributed by atoms with van der Waals surface area (Å²) >= 11 is 0. The number of methoxy groups -OCH3 is 2. The minimum atomic E-state index is 0.204. The van der Waals surface area contributed by atoms with E-state index in [2.05, 4.69) is 18.7 Å². The first-order valence-electron chi connectivity index (χ1n) is 8.70. The van der Waals surface area contributed by atoms with Crippen molar-refractivity contribution in [2.75, 3.05) is 40.5 Å². The molecule has 0 radical (unpaired) electrons. The number of ether oxygens (including phenoxy) is 2. The minimum Gasteiger partial charge on any atom is -0.497 e. The zero-order valence-electron chi connectivity index (χ0n) is 15.3. The molecule has 1 aromatic rings. The van der Waals surface area contributed by atoms with Crippen molar-refractivity contribution in [3.05, 3.63) is 29.8 Å². The third kappa shape index (κ3) is 4.95. The van der Waals surface area contributed by atoms with Crippen LogP contribution in [-0.2, 0) is 16.0 Å². The van der Waals surface area contributed by atoms with Gasteiger partial charge in [-0.25, -0.2) is 0 Å². The van der Waals surface area contributed by atoms with Crippen molar-refractivity contribution >= 4 is 5.91 Å². The van der Waals surface area contributed by atoms with Crippen molar-refractivity contribution in [2.24, 2.45) is 0 Å². The van der Waals surface area contributed by atoms with Crippen LogP contribution in [0.25, 0.3) is 0 Å². The number of hydrogen-bond acceptors (Lipinski definition) is 4. The Morgan fingerprint density at radius 3 is 2.29 bits per heavy atom. The molecule has 24 heavy (non-hydrogen) atoms. The third-order valence-corrected chi connectivity index (χ3v) is 4.73. The van der Waals surface area contributed by atoms with Gasteiger partial charge in [0, 0.05) is 45.4 Å². The smallest absolute Gasteiger partial charge is 0.227 e. The molecule has 134 valence electrons. The summed E-state index contributed by atoms with van der Waals surface area (Å²) in [6.07, 6.45) is 1.48. The first-order chi connectivity index (χ1) is 11.5. The normalized spacial score (nSPS) is 21.8. The number of piperazine rings is 1. The first-order valence-corrected chi connectivity index (χ1v) is 8.70. The van der Waals surface area contributed by atoms with Gasteiger partial charge >= 0.3 is 0 Å². The van der Waals surface area contributed by atoms with Gasteiger partial charge in [0.1, 0.15) is 5.75 Å². The second kappa shape index (κ2) is 9.04. The lowest BCUT2D eigenvalue weighted by Crippen LogP contribution is -2.58. The maximum absolute atomic E-state index is 12.6. The van der Waals surface area contributed by atoms with Crippen LogP contribution in [0.4, 0.5) is 0 Å². The average molecular weight is 334 g/mol. The molecule has 0 spiro atoms. The Hall–Kier alpha value is -1.59. The predicted molar refractivity (Wildman–Crippen MR) is 95.4 cm³/mol. The molecule has 0 N–H and O–H groups in total. The third-order valence-electron chi connectivity index (χ3n) is 4.73. The van der Waals surface area contributed by atoms with Gasteiger partial charge < -0.3 is 14.4 Å². The molecule has 2 unspecified atom stereocenters. The van der Waals surface area contributed by atoms with Gasteiger partial charge in [0.15, 0.2) is 0 Å². The van der Waals surface area contributed by atoms with Crippen LogP contribution in [0.2, 0.25) is 0 Å². The van der Waals surface area contributed by atoms with Crippen LogP contribution in [0.1, 0.15) is 25.8 Å². The standard InChI is InChI=1S/C19H30N2O3/c1-15-13-20(14-16(2)21(15)10-5-11-23-3)19(22)12-17-6-8-18(24-4)9-7-17/h6-9,15-16H,5,10-14H2,1-4H3. The van der Waals surface area contributed by atoms with Crippen LogP contribution in [0.5, 0.6) is 5.75 Å². The van der Waals surface area contributed by atoms with E-state index in [9.17, 15) is 4.79 Å². The monoisotopic (exact) mass is 334 g/mol. The van der Waals surface area contributed by atoms with Gasteiger partial charge in [0.05, 0.1) is 13.5 Å². The molecular weight excluding hydrogens is 304 g/mol. The van der Waals surface area contributed by atoms with Gasteiger partial charge in [-0.2, -0.15) is 0 Å². The van der Waals surface area contributed by atoms with Gasteiger partial charge in [-0.3, -0.25) is 9.69 Å². The van der Waals surface area contributed by atoms with E-state index >= 15 is 0 Å². The zero-order valence-corrected chi connectivity index (χ0v) is 15.3. The van der Waals surface area contributed by atoms with Crippen molar-refractivity contribution in [1.29, 1.82) is 0 Å². The topological polar surface area (TPSA) is 42.0 Å². The number of hydrogen-bond donors (Lipinski definition) is 0. The molecule has 1 aliphatic rings. The van der Waals surface area contributed by atoms with Crippen molar-refractivity contribution in [3.63, 3.8) is 0 Å². The molecule has 1 aliphatic heterocycles. The summed E-state index contributed by atoms with van der Waals surface area (Å²) in [5, 5.41) is 0. The number of nitrogens with zero attached hydrogens (tertiary/aromatic N) is 2. The summed E-state index contributed by atoms with van der Waals surface area (Å²) in [5.41, 5.74) is 1.03. The maximum Gasteiger partial charge on any atom is 0.227 e. The number of amides is 1. The van der Waals surface area contributed by atoms with E-state index in [1.165, 1.54) is 0 Å². The van der Waals surface area contributed by atoms with Gasteiger partial charge in [-0.1, -0.05) is 12.1 Å². The fourth-order valence-electron chi connectivity index (χ4n) is 3.42. The molecule has 5 heteroatoms. The van der Waals surface area contributed by atoms with Crippen LogP contribution in [-0.4, -0.2) is 68.3 Å². The summed E-state index contributed by atoms with van der Waals surface area (Å²) in [5.74, 6) is 1.02. The first kappa shape index (κ1) is 18.7. The summed E-state index contributed by atoms with van der Waals surface area (Å²) in [6, 6.07) is 8.49. The fraction of sp³-hybridized carbons (Fsp3) is 0.632. The van der Waals surface area contributed by atoms with Gasteiger partial charge in [-0.15, -0.1) is 0 Å². The zero-order chi connectivity index (χ0) is 17.5. The molecule has 0 aromatic heterocycles. The van der Waals surface area contributed by atoms with Crippen LogP contribution in [0.3, 0.4) is 0 Å².